The highest BCUT2D eigenvalue weighted by Crippen LogP contribution is 2.42. The molecule has 0 spiro atoms. The molecule has 0 fully saturated rings. The lowest BCUT2D eigenvalue weighted by atomic mass is 9.94. The van der Waals surface area contributed by atoms with Crippen LogP contribution in [-0.4, -0.2) is 4.57 Å². The molecule has 0 atom stereocenters. The zero-order valence-corrected chi connectivity index (χ0v) is 29.9. The van der Waals surface area contributed by atoms with Gasteiger partial charge in [-0.1, -0.05) is 127 Å². The first-order valence-corrected chi connectivity index (χ1v) is 18.8. The highest BCUT2D eigenvalue weighted by Gasteiger charge is 2.18. The van der Waals surface area contributed by atoms with Crippen LogP contribution in [0.2, 0.25) is 0 Å². The highest BCUT2D eigenvalue weighted by atomic mass is 16.3. The van der Waals surface area contributed by atoms with Crippen LogP contribution in [0, 0.1) is 0 Å². The number of anilines is 3. The van der Waals surface area contributed by atoms with Crippen LogP contribution in [0.1, 0.15) is 0 Å². The van der Waals surface area contributed by atoms with Crippen molar-refractivity contribution in [1.29, 1.82) is 0 Å². The maximum Gasteiger partial charge on any atom is 0.136 e. The van der Waals surface area contributed by atoms with Gasteiger partial charge in [0.15, 0.2) is 0 Å². The molecule has 55 heavy (non-hydrogen) atoms. The molecule has 0 aliphatic rings. The SMILES string of the molecule is c1ccc(-c2ccccc2-c2ccc(-n3c4ccccc4c4cc(N(c5ccccc5)c5ccc6cc7c(cc6c5)oc5ccccc57)ccc43)cc2)cc1. The van der Waals surface area contributed by atoms with E-state index >= 15 is 0 Å². The van der Waals surface area contributed by atoms with E-state index in [0.29, 0.717) is 0 Å². The van der Waals surface area contributed by atoms with Crippen LogP contribution in [0.15, 0.2) is 211 Å². The van der Waals surface area contributed by atoms with E-state index < -0.39 is 0 Å². The quantitative estimate of drug-likeness (QED) is 0.172. The molecular formula is C52H34N2O. The van der Waals surface area contributed by atoms with Crippen molar-refractivity contribution in [3.8, 4) is 27.9 Å². The first-order chi connectivity index (χ1) is 27.3. The summed E-state index contributed by atoms with van der Waals surface area (Å²) in [7, 11) is 0. The van der Waals surface area contributed by atoms with E-state index in [-0.39, 0.29) is 0 Å². The first-order valence-electron chi connectivity index (χ1n) is 18.8. The molecule has 0 aliphatic heterocycles. The van der Waals surface area contributed by atoms with E-state index in [4.69, 9.17) is 4.42 Å². The maximum absolute atomic E-state index is 6.29. The normalized spacial score (nSPS) is 11.6. The maximum atomic E-state index is 6.29. The van der Waals surface area contributed by atoms with E-state index in [1.165, 1.54) is 49.4 Å². The van der Waals surface area contributed by atoms with Crippen molar-refractivity contribution >= 4 is 71.6 Å². The van der Waals surface area contributed by atoms with Gasteiger partial charge in [0.2, 0.25) is 0 Å². The van der Waals surface area contributed by atoms with Crippen molar-refractivity contribution in [2.24, 2.45) is 0 Å². The summed E-state index contributed by atoms with van der Waals surface area (Å²) < 4.78 is 8.69. The minimum atomic E-state index is 0.903. The van der Waals surface area contributed by atoms with Crippen LogP contribution in [0.4, 0.5) is 17.1 Å². The number of rotatable bonds is 6. The summed E-state index contributed by atoms with van der Waals surface area (Å²) in [5, 5.41) is 7.03. The molecule has 0 amide bonds. The van der Waals surface area contributed by atoms with E-state index in [1.807, 2.05) is 12.1 Å². The average molecular weight is 703 g/mol. The van der Waals surface area contributed by atoms with Gasteiger partial charge < -0.3 is 13.9 Å². The minimum Gasteiger partial charge on any atom is -0.456 e. The molecule has 0 saturated carbocycles. The summed E-state index contributed by atoms with van der Waals surface area (Å²) in [6.45, 7) is 0. The van der Waals surface area contributed by atoms with Crippen molar-refractivity contribution in [2.75, 3.05) is 4.90 Å². The predicted octanol–water partition coefficient (Wildman–Crippen LogP) is 14.6. The van der Waals surface area contributed by atoms with Crippen molar-refractivity contribution in [3.05, 3.63) is 206 Å². The molecule has 2 aromatic heterocycles. The number of furan rings is 1. The van der Waals surface area contributed by atoms with Crippen LogP contribution in [-0.2, 0) is 0 Å². The Kier molecular flexibility index (Phi) is 7.17. The lowest BCUT2D eigenvalue weighted by molar-refractivity contribution is 0.669. The summed E-state index contributed by atoms with van der Waals surface area (Å²) in [6.07, 6.45) is 0. The monoisotopic (exact) mass is 702 g/mol. The summed E-state index contributed by atoms with van der Waals surface area (Å²) in [6, 6.07) is 74.0. The van der Waals surface area contributed by atoms with Crippen molar-refractivity contribution in [1.82, 2.24) is 4.57 Å². The Morgan fingerprint density at radius 2 is 0.964 bits per heavy atom. The molecule has 0 aliphatic carbocycles. The summed E-state index contributed by atoms with van der Waals surface area (Å²) in [4.78, 5) is 2.35. The van der Waals surface area contributed by atoms with Gasteiger partial charge in [-0.05, 0) is 112 Å². The molecule has 258 valence electrons. The second kappa shape index (κ2) is 12.6. The summed E-state index contributed by atoms with van der Waals surface area (Å²) in [5.41, 5.74) is 13.4. The van der Waals surface area contributed by atoms with Gasteiger partial charge in [0.1, 0.15) is 11.2 Å². The fourth-order valence-electron chi connectivity index (χ4n) is 8.39. The van der Waals surface area contributed by atoms with Gasteiger partial charge in [-0.15, -0.1) is 0 Å². The zero-order chi connectivity index (χ0) is 36.3. The molecular weight excluding hydrogens is 669 g/mol. The predicted molar refractivity (Wildman–Crippen MR) is 231 cm³/mol. The smallest absolute Gasteiger partial charge is 0.136 e. The first kappa shape index (κ1) is 31.2. The molecule has 9 aromatic carbocycles. The molecule has 0 unspecified atom stereocenters. The third kappa shape index (κ3) is 5.20. The van der Waals surface area contributed by atoms with Crippen LogP contribution in [0.3, 0.4) is 0 Å². The van der Waals surface area contributed by atoms with Gasteiger partial charge >= 0.3 is 0 Å². The van der Waals surface area contributed by atoms with Gasteiger partial charge in [-0.2, -0.15) is 0 Å². The Morgan fingerprint density at radius 3 is 1.76 bits per heavy atom. The fourth-order valence-corrected chi connectivity index (χ4v) is 8.39. The lowest BCUT2D eigenvalue weighted by Crippen LogP contribution is -2.09. The molecule has 11 rings (SSSR count). The Labute approximate surface area is 318 Å². The molecule has 3 heteroatoms. The van der Waals surface area contributed by atoms with Gasteiger partial charge in [0.05, 0.1) is 11.0 Å². The topological polar surface area (TPSA) is 21.3 Å². The van der Waals surface area contributed by atoms with Gasteiger partial charge in [-0.3, -0.25) is 0 Å². The number of fused-ring (bicyclic) bond motifs is 7. The van der Waals surface area contributed by atoms with Gasteiger partial charge in [0.25, 0.3) is 0 Å². The molecule has 2 heterocycles. The van der Waals surface area contributed by atoms with E-state index in [2.05, 4.69) is 204 Å². The minimum absolute atomic E-state index is 0.903. The molecule has 0 N–H and O–H groups in total. The number of benzene rings is 9. The second-order valence-corrected chi connectivity index (χ2v) is 14.2. The Bertz CT molecular complexity index is 3190. The number of aromatic nitrogens is 1. The average Bonchev–Trinajstić information content (AvgIpc) is 3.78. The highest BCUT2D eigenvalue weighted by molar-refractivity contribution is 6.12. The van der Waals surface area contributed by atoms with E-state index in [9.17, 15) is 0 Å². The molecule has 11 aromatic rings. The Morgan fingerprint density at radius 1 is 0.345 bits per heavy atom. The van der Waals surface area contributed by atoms with E-state index in [1.54, 1.807) is 0 Å². The van der Waals surface area contributed by atoms with Crippen molar-refractivity contribution < 1.29 is 4.42 Å². The van der Waals surface area contributed by atoms with Crippen molar-refractivity contribution in [3.63, 3.8) is 0 Å². The Balaban J connectivity index is 1.03. The fraction of sp³-hybridized carbons (Fsp3) is 0. The largest absolute Gasteiger partial charge is 0.456 e. The van der Waals surface area contributed by atoms with E-state index in [0.717, 1.165) is 50.1 Å². The van der Waals surface area contributed by atoms with Gasteiger partial charge in [-0.25, -0.2) is 0 Å². The number of hydrogen-bond acceptors (Lipinski definition) is 2. The van der Waals surface area contributed by atoms with Crippen LogP contribution in [0.25, 0.3) is 82.5 Å². The summed E-state index contributed by atoms with van der Waals surface area (Å²) in [5.74, 6) is 0. The third-order valence-corrected chi connectivity index (χ3v) is 11.0. The van der Waals surface area contributed by atoms with Crippen LogP contribution >= 0.6 is 0 Å². The molecule has 0 saturated heterocycles. The van der Waals surface area contributed by atoms with Gasteiger partial charge in [0, 0.05) is 44.3 Å². The van der Waals surface area contributed by atoms with Crippen molar-refractivity contribution in [2.45, 2.75) is 0 Å². The molecule has 0 bridgehead atoms. The Hall–Kier alpha value is -7.36. The second-order valence-electron chi connectivity index (χ2n) is 14.2. The third-order valence-electron chi connectivity index (χ3n) is 11.0. The standard InChI is InChI=1S/C52H34N2O/c1-3-13-35(14-4-1)43-17-7-8-18-44(43)36-23-26-40(27-24-36)54-49-21-11-9-19-45(49)47-34-42(29-30-50(47)54)53(39-15-5-2-6-16-39)41-28-25-37-32-48-46-20-10-12-22-51(46)55-52(48)33-38(37)31-41/h1-34H. The number of para-hydroxylation sites is 3. The molecule has 0 radical (unpaired) electrons. The van der Waals surface area contributed by atoms with Crippen LogP contribution < -0.4 is 4.90 Å². The molecule has 3 nitrogen and oxygen atoms in total. The lowest BCUT2D eigenvalue weighted by Gasteiger charge is -2.26. The number of hydrogen-bond donors (Lipinski definition) is 0. The summed E-state index contributed by atoms with van der Waals surface area (Å²) >= 11 is 0. The van der Waals surface area contributed by atoms with Crippen LogP contribution in [0.5, 0.6) is 0 Å². The zero-order valence-electron chi connectivity index (χ0n) is 29.9. The number of nitrogens with zero attached hydrogens (tertiary/aromatic N) is 2.